The highest BCUT2D eigenvalue weighted by Crippen LogP contribution is 2.28. The number of halogens is 1. The third-order valence-corrected chi connectivity index (χ3v) is 5.68. The molecule has 2 heterocycles. The molecule has 2 aromatic heterocycles. The topological polar surface area (TPSA) is 37.8 Å². The van der Waals surface area contributed by atoms with Gasteiger partial charge < -0.3 is 5.32 Å². The Bertz CT molecular complexity index is 963. The summed E-state index contributed by atoms with van der Waals surface area (Å²) in [5.41, 5.74) is 3.30. The lowest BCUT2D eigenvalue weighted by Gasteiger charge is -1.99. The van der Waals surface area contributed by atoms with Crippen LogP contribution in [0.2, 0.25) is 5.02 Å². The summed E-state index contributed by atoms with van der Waals surface area (Å²) in [6.07, 6.45) is 0.880. The lowest BCUT2D eigenvalue weighted by molar-refractivity contribution is 1.02. The summed E-state index contributed by atoms with van der Waals surface area (Å²) in [5.74, 6) is 0. The number of nitrogens with zero attached hydrogens (tertiary/aromatic N) is 2. The number of aromatic nitrogens is 2. The molecule has 2 aromatic carbocycles. The van der Waals surface area contributed by atoms with Gasteiger partial charge in [0, 0.05) is 16.8 Å². The van der Waals surface area contributed by atoms with E-state index in [0.29, 0.717) is 6.54 Å². The van der Waals surface area contributed by atoms with E-state index in [1.165, 1.54) is 5.56 Å². The average Bonchev–Trinajstić information content (AvgIpc) is 3.20. The molecular weight excluding hydrogens is 358 g/mol. The van der Waals surface area contributed by atoms with Crippen LogP contribution in [-0.2, 0) is 13.0 Å². The second kappa shape index (κ2) is 6.89. The quantitative estimate of drug-likeness (QED) is 0.495. The normalized spacial score (nSPS) is 11.0. The van der Waals surface area contributed by atoms with Crippen LogP contribution in [0.4, 0.5) is 5.13 Å². The molecule has 0 saturated carbocycles. The Balaban J connectivity index is 1.42. The molecule has 0 aliphatic rings. The molecule has 1 N–H and O–H groups in total. The molecule has 0 fully saturated rings. The third-order valence-electron chi connectivity index (χ3n) is 3.57. The molecule has 0 unspecified atom stereocenters. The van der Waals surface area contributed by atoms with Gasteiger partial charge in [-0.25, -0.2) is 9.97 Å². The van der Waals surface area contributed by atoms with E-state index in [1.54, 1.807) is 22.7 Å². The smallest absolute Gasteiger partial charge is 0.184 e. The van der Waals surface area contributed by atoms with Crippen LogP contribution in [0.3, 0.4) is 0 Å². The van der Waals surface area contributed by atoms with Crippen molar-refractivity contribution in [2.45, 2.75) is 13.0 Å². The Hall–Kier alpha value is -1.95. The maximum Gasteiger partial charge on any atom is 0.184 e. The van der Waals surface area contributed by atoms with Crippen LogP contribution in [0.5, 0.6) is 0 Å². The molecule has 24 heavy (non-hydrogen) atoms. The fourth-order valence-corrected chi connectivity index (χ4v) is 4.39. The van der Waals surface area contributed by atoms with Crippen molar-refractivity contribution in [2.24, 2.45) is 0 Å². The zero-order chi connectivity index (χ0) is 16.4. The van der Waals surface area contributed by atoms with Gasteiger partial charge in [0.25, 0.3) is 0 Å². The minimum Gasteiger partial charge on any atom is -0.356 e. The van der Waals surface area contributed by atoms with E-state index in [2.05, 4.69) is 39.9 Å². The van der Waals surface area contributed by atoms with Crippen LogP contribution < -0.4 is 5.32 Å². The summed E-state index contributed by atoms with van der Waals surface area (Å²) in [4.78, 5) is 9.27. The molecule has 0 radical (unpaired) electrons. The Morgan fingerprint density at radius 2 is 1.92 bits per heavy atom. The Morgan fingerprint density at radius 1 is 1.04 bits per heavy atom. The third kappa shape index (κ3) is 3.59. The number of fused-ring (bicyclic) bond motifs is 1. The van der Waals surface area contributed by atoms with Gasteiger partial charge in [-0.1, -0.05) is 53.3 Å². The maximum absolute atomic E-state index is 6.02. The number of hydrogen-bond donors (Lipinski definition) is 1. The zero-order valence-corrected chi connectivity index (χ0v) is 15.1. The molecule has 120 valence electrons. The van der Waals surface area contributed by atoms with E-state index in [-0.39, 0.29) is 0 Å². The van der Waals surface area contributed by atoms with Crippen molar-refractivity contribution in [3.8, 4) is 0 Å². The molecule has 0 atom stereocenters. The number of anilines is 1. The van der Waals surface area contributed by atoms with Crippen LogP contribution >= 0.6 is 34.3 Å². The van der Waals surface area contributed by atoms with E-state index in [0.717, 1.165) is 37.5 Å². The minimum atomic E-state index is 0.679. The number of thiazole rings is 2. The first-order valence-electron chi connectivity index (χ1n) is 7.53. The first-order valence-corrected chi connectivity index (χ1v) is 9.61. The highest BCUT2D eigenvalue weighted by atomic mass is 35.5. The molecule has 4 rings (SSSR count). The standard InChI is InChI=1S/C18H14ClN3S2/c19-13-6-7-15-16(9-13)24-18(22-15)20-10-14-11-23-17(21-14)8-12-4-2-1-3-5-12/h1-7,9,11H,8,10H2,(H,20,22). The molecule has 4 aromatic rings. The van der Waals surface area contributed by atoms with Gasteiger partial charge >= 0.3 is 0 Å². The van der Waals surface area contributed by atoms with Crippen LogP contribution in [0, 0.1) is 0 Å². The second-order valence-electron chi connectivity index (χ2n) is 5.38. The lowest BCUT2D eigenvalue weighted by atomic mass is 10.2. The van der Waals surface area contributed by atoms with Crippen LogP contribution in [0.1, 0.15) is 16.3 Å². The summed E-state index contributed by atoms with van der Waals surface area (Å²) < 4.78 is 1.09. The summed E-state index contributed by atoms with van der Waals surface area (Å²) in [5, 5.41) is 8.23. The van der Waals surface area contributed by atoms with E-state index in [9.17, 15) is 0 Å². The highest BCUT2D eigenvalue weighted by molar-refractivity contribution is 7.22. The number of rotatable bonds is 5. The number of nitrogens with one attached hydrogen (secondary N) is 1. The summed E-state index contributed by atoms with van der Waals surface area (Å²) in [6, 6.07) is 16.2. The van der Waals surface area contributed by atoms with Gasteiger partial charge in [-0.15, -0.1) is 11.3 Å². The summed E-state index contributed by atoms with van der Waals surface area (Å²) in [7, 11) is 0. The lowest BCUT2D eigenvalue weighted by Crippen LogP contribution is -1.99. The molecule has 6 heteroatoms. The van der Waals surface area contributed by atoms with Crippen molar-refractivity contribution < 1.29 is 0 Å². The van der Waals surface area contributed by atoms with Crippen molar-refractivity contribution in [1.82, 2.24) is 9.97 Å². The average molecular weight is 372 g/mol. The largest absolute Gasteiger partial charge is 0.356 e. The highest BCUT2D eigenvalue weighted by Gasteiger charge is 2.06. The molecule has 3 nitrogen and oxygen atoms in total. The van der Waals surface area contributed by atoms with Gasteiger partial charge in [0.1, 0.15) is 0 Å². The predicted molar refractivity (Wildman–Crippen MR) is 103 cm³/mol. The molecular formula is C18H14ClN3S2. The maximum atomic E-state index is 6.02. The van der Waals surface area contributed by atoms with E-state index >= 15 is 0 Å². The first kappa shape index (κ1) is 15.6. The van der Waals surface area contributed by atoms with E-state index in [4.69, 9.17) is 16.6 Å². The van der Waals surface area contributed by atoms with Gasteiger partial charge in [0.05, 0.1) is 27.5 Å². The fraction of sp³-hybridized carbons (Fsp3) is 0.111. The van der Waals surface area contributed by atoms with Gasteiger partial charge in [0.15, 0.2) is 5.13 Å². The van der Waals surface area contributed by atoms with E-state index in [1.807, 2.05) is 24.3 Å². The van der Waals surface area contributed by atoms with Crippen molar-refractivity contribution in [2.75, 3.05) is 5.32 Å². The van der Waals surface area contributed by atoms with Gasteiger partial charge in [0.2, 0.25) is 0 Å². The Kier molecular flexibility index (Phi) is 4.47. The van der Waals surface area contributed by atoms with Crippen LogP contribution in [-0.4, -0.2) is 9.97 Å². The fourth-order valence-electron chi connectivity index (χ4n) is 2.42. The number of hydrogen-bond acceptors (Lipinski definition) is 5. The molecule has 0 bridgehead atoms. The monoisotopic (exact) mass is 371 g/mol. The first-order chi connectivity index (χ1) is 11.8. The predicted octanol–water partition coefficient (Wildman–Crippen LogP) is 5.61. The van der Waals surface area contributed by atoms with Gasteiger partial charge in [-0.05, 0) is 23.8 Å². The summed E-state index contributed by atoms with van der Waals surface area (Å²) in [6.45, 7) is 0.679. The van der Waals surface area contributed by atoms with Crippen LogP contribution in [0.15, 0.2) is 53.9 Å². The molecule has 0 aliphatic heterocycles. The molecule has 0 amide bonds. The Labute approximate surface area is 153 Å². The summed E-state index contributed by atoms with van der Waals surface area (Å²) >= 11 is 9.33. The van der Waals surface area contributed by atoms with Crippen molar-refractivity contribution >= 4 is 49.6 Å². The molecule has 0 spiro atoms. The minimum absolute atomic E-state index is 0.679. The van der Waals surface area contributed by atoms with Gasteiger partial charge in [-0.2, -0.15) is 0 Å². The van der Waals surface area contributed by atoms with Crippen molar-refractivity contribution in [3.05, 3.63) is 75.2 Å². The molecule has 0 aliphatic carbocycles. The van der Waals surface area contributed by atoms with Gasteiger partial charge in [-0.3, -0.25) is 0 Å². The SMILES string of the molecule is Clc1ccc2nc(NCc3csc(Cc4ccccc4)n3)sc2c1. The number of benzene rings is 2. The molecule has 0 saturated heterocycles. The Morgan fingerprint density at radius 3 is 2.79 bits per heavy atom. The zero-order valence-electron chi connectivity index (χ0n) is 12.7. The van der Waals surface area contributed by atoms with Crippen LogP contribution in [0.25, 0.3) is 10.2 Å². The van der Waals surface area contributed by atoms with Crippen molar-refractivity contribution in [1.29, 1.82) is 0 Å². The second-order valence-corrected chi connectivity index (χ2v) is 7.79. The van der Waals surface area contributed by atoms with Crippen molar-refractivity contribution in [3.63, 3.8) is 0 Å². The van der Waals surface area contributed by atoms with E-state index < -0.39 is 0 Å².